The molecule has 0 spiro atoms. The Morgan fingerprint density at radius 1 is 1.16 bits per heavy atom. The Morgan fingerprint density at radius 2 is 1.84 bits per heavy atom. The summed E-state index contributed by atoms with van der Waals surface area (Å²) in [6, 6.07) is 10.8. The van der Waals surface area contributed by atoms with Crippen molar-refractivity contribution in [1.82, 2.24) is 14.5 Å². The van der Waals surface area contributed by atoms with E-state index in [9.17, 15) is 9.90 Å². The summed E-state index contributed by atoms with van der Waals surface area (Å²) in [6.45, 7) is 3.92. The van der Waals surface area contributed by atoms with Crippen molar-refractivity contribution < 1.29 is 9.84 Å². The molecule has 0 radical (unpaired) electrons. The van der Waals surface area contributed by atoms with Gasteiger partial charge in [0.1, 0.15) is 22.9 Å². The van der Waals surface area contributed by atoms with Gasteiger partial charge in [0.15, 0.2) is 0 Å². The molecule has 1 N–H and O–H groups in total. The van der Waals surface area contributed by atoms with Crippen LogP contribution in [-0.2, 0) is 0 Å². The van der Waals surface area contributed by atoms with Crippen molar-refractivity contribution in [1.29, 1.82) is 0 Å². The third-order valence-corrected chi connectivity index (χ3v) is 8.04. The molecule has 4 atom stereocenters. The van der Waals surface area contributed by atoms with Gasteiger partial charge in [0.25, 0.3) is 5.56 Å². The molecule has 164 valence electrons. The topological polar surface area (TPSA) is 67.6 Å². The Labute approximate surface area is 186 Å². The third-order valence-electron chi connectivity index (χ3n) is 6.85. The zero-order valence-corrected chi connectivity index (χ0v) is 19.0. The summed E-state index contributed by atoms with van der Waals surface area (Å²) >= 11 is 1.33. The van der Waals surface area contributed by atoms with Crippen molar-refractivity contribution in [2.45, 2.75) is 63.8 Å². The van der Waals surface area contributed by atoms with E-state index in [-0.39, 0.29) is 17.6 Å². The minimum Gasteiger partial charge on any atom is -0.490 e. The van der Waals surface area contributed by atoms with Gasteiger partial charge in [-0.1, -0.05) is 13.8 Å². The van der Waals surface area contributed by atoms with Gasteiger partial charge in [0.2, 0.25) is 0 Å². The van der Waals surface area contributed by atoms with Gasteiger partial charge < -0.3 is 14.7 Å². The van der Waals surface area contributed by atoms with E-state index in [1.165, 1.54) is 24.2 Å². The molecule has 4 heterocycles. The van der Waals surface area contributed by atoms with Crippen LogP contribution < -0.4 is 10.3 Å². The second-order valence-corrected chi connectivity index (χ2v) is 10.3. The maximum atomic E-state index is 13.1. The van der Waals surface area contributed by atoms with E-state index < -0.39 is 6.10 Å². The van der Waals surface area contributed by atoms with Crippen LogP contribution in [-0.4, -0.2) is 44.8 Å². The molecule has 3 aromatic rings. The Morgan fingerprint density at radius 3 is 2.48 bits per heavy atom. The average Bonchev–Trinajstić information content (AvgIpc) is 3.26. The van der Waals surface area contributed by atoms with E-state index in [2.05, 4.69) is 16.9 Å². The molecule has 2 bridgehead atoms. The first-order chi connectivity index (χ1) is 14.9. The van der Waals surface area contributed by atoms with Crippen LogP contribution in [0.3, 0.4) is 0 Å². The lowest BCUT2D eigenvalue weighted by Gasteiger charge is -2.36. The number of hydrogen-bond donors (Lipinski definition) is 1. The number of nitrogens with zero attached hydrogens (tertiary/aromatic N) is 3. The maximum absolute atomic E-state index is 13.1. The van der Waals surface area contributed by atoms with Crippen LogP contribution in [0.1, 0.15) is 50.5 Å². The normalized spacial score (nSPS) is 24.7. The lowest BCUT2D eigenvalue weighted by atomic mass is 10.0. The Bertz CT molecular complexity index is 1120. The first kappa shape index (κ1) is 20.7. The largest absolute Gasteiger partial charge is 0.490 e. The first-order valence-electron chi connectivity index (χ1n) is 11.1. The van der Waals surface area contributed by atoms with Crippen LogP contribution >= 0.6 is 11.3 Å². The van der Waals surface area contributed by atoms with E-state index in [1.807, 2.05) is 44.2 Å². The summed E-state index contributed by atoms with van der Waals surface area (Å²) < 4.78 is 8.40. The van der Waals surface area contributed by atoms with E-state index in [1.54, 1.807) is 10.9 Å². The molecule has 0 saturated carbocycles. The number of aromatic nitrogens is 2. The minimum absolute atomic E-state index is 0.0857. The van der Waals surface area contributed by atoms with Crippen molar-refractivity contribution in [3.8, 4) is 11.4 Å². The van der Waals surface area contributed by atoms with Crippen LogP contribution in [0.5, 0.6) is 5.75 Å². The molecular weight excluding hydrogens is 410 g/mol. The number of piperidine rings is 1. The van der Waals surface area contributed by atoms with Crippen molar-refractivity contribution in [3.05, 3.63) is 51.9 Å². The number of ether oxygens (including phenoxy) is 1. The highest BCUT2D eigenvalue weighted by Crippen LogP contribution is 2.36. The highest BCUT2D eigenvalue weighted by molar-refractivity contribution is 7.19. The lowest BCUT2D eigenvalue weighted by molar-refractivity contribution is 0.0662. The molecule has 1 unspecified atom stereocenters. The summed E-state index contributed by atoms with van der Waals surface area (Å²) in [5.74, 6) is 0.931. The van der Waals surface area contributed by atoms with Gasteiger partial charge in [-0.2, -0.15) is 0 Å². The fourth-order valence-electron chi connectivity index (χ4n) is 4.92. The molecule has 5 rings (SSSR count). The molecule has 2 fully saturated rings. The number of rotatable bonds is 5. The average molecular weight is 440 g/mol. The SMILES string of the molecule is CC(C)C(O)c1cc2ncn(-c3ccc(O[C@H]4C[C@H]5CC[C@@H](C4)N5C)cc3)c(=O)c2s1. The predicted octanol–water partition coefficient (Wildman–Crippen LogP) is 4.14. The molecule has 1 aromatic carbocycles. The lowest BCUT2D eigenvalue weighted by Crippen LogP contribution is -2.43. The van der Waals surface area contributed by atoms with Crippen LogP contribution in [0, 0.1) is 5.92 Å². The summed E-state index contributed by atoms with van der Waals surface area (Å²) in [4.78, 5) is 20.8. The molecule has 2 aliphatic rings. The standard InChI is InChI=1S/C24H29N3O3S/c1-14(2)22(28)21-12-20-23(31-21)24(29)27(13-25-20)15-6-8-18(9-7-15)30-19-10-16-4-5-17(11-19)26(16)3/h6-9,12-14,16-17,19,22,28H,4-5,10-11H2,1-3H3/t16-,17+,19+,22?. The molecule has 31 heavy (non-hydrogen) atoms. The van der Waals surface area contributed by atoms with Gasteiger partial charge in [0.05, 0.1) is 17.3 Å². The molecule has 7 heteroatoms. The summed E-state index contributed by atoms with van der Waals surface area (Å²) in [6.07, 6.45) is 5.95. The molecule has 6 nitrogen and oxygen atoms in total. The number of thiophene rings is 1. The van der Waals surface area contributed by atoms with E-state index in [0.717, 1.165) is 29.2 Å². The summed E-state index contributed by atoms with van der Waals surface area (Å²) in [5, 5.41) is 10.3. The van der Waals surface area contributed by atoms with Gasteiger partial charge in [-0.3, -0.25) is 9.36 Å². The van der Waals surface area contributed by atoms with E-state index >= 15 is 0 Å². The smallest absolute Gasteiger partial charge is 0.275 e. The van der Waals surface area contributed by atoms with E-state index in [0.29, 0.717) is 22.3 Å². The van der Waals surface area contributed by atoms with Gasteiger partial charge in [-0.25, -0.2) is 4.98 Å². The number of fused-ring (bicyclic) bond motifs is 3. The monoisotopic (exact) mass is 439 g/mol. The van der Waals surface area contributed by atoms with Crippen molar-refractivity contribution in [2.75, 3.05) is 7.05 Å². The van der Waals surface area contributed by atoms with Crippen LogP contribution in [0.2, 0.25) is 0 Å². The third kappa shape index (κ3) is 3.79. The Hall–Kier alpha value is -2.22. The van der Waals surface area contributed by atoms with Crippen molar-refractivity contribution in [2.24, 2.45) is 5.92 Å². The quantitative estimate of drug-likeness (QED) is 0.647. The van der Waals surface area contributed by atoms with Crippen LogP contribution in [0.15, 0.2) is 41.5 Å². The van der Waals surface area contributed by atoms with Gasteiger partial charge in [0, 0.05) is 17.0 Å². The second kappa shape index (κ2) is 8.04. The Balaban J connectivity index is 1.36. The minimum atomic E-state index is -0.585. The molecule has 2 saturated heterocycles. The first-order valence-corrected chi connectivity index (χ1v) is 11.9. The van der Waals surface area contributed by atoms with Gasteiger partial charge >= 0.3 is 0 Å². The van der Waals surface area contributed by atoms with Gasteiger partial charge in [-0.15, -0.1) is 11.3 Å². The highest BCUT2D eigenvalue weighted by atomic mass is 32.1. The number of hydrogen-bond acceptors (Lipinski definition) is 6. The number of benzene rings is 1. The fourth-order valence-corrected chi connectivity index (χ4v) is 6.13. The molecular formula is C24H29N3O3S. The molecule has 0 amide bonds. The van der Waals surface area contributed by atoms with Gasteiger partial charge in [-0.05, 0) is 69.0 Å². The van der Waals surface area contributed by atoms with Crippen LogP contribution in [0.4, 0.5) is 0 Å². The second-order valence-electron chi connectivity index (χ2n) is 9.23. The summed E-state index contributed by atoms with van der Waals surface area (Å²) in [7, 11) is 2.23. The Kier molecular flexibility index (Phi) is 5.36. The summed E-state index contributed by atoms with van der Waals surface area (Å²) in [5.41, 5.74) is 1.28. The van der Waals surface area contributed by atoms with E-state index in [4.69, 9.17) is 4.74 Å². The van der Waals surface area contributed by atoms with Crippen LogP contribution in [0.25, 0.3) is 15.9 Å². The molecule has 2 aliphatic heterocycles. The zero-order chi connectivity index (χ0) is 21.7. The zero-order valence-electron chi connectivity index (χ0n) is 18.2. The van der Waals surface area contributed by atoms with Crippen molar-refractivity contribution >= 4 is 21.6 Å². The molecule has 0 aliphatic carbocycles. The highest BCUT2D eigenvalue weighted by Gasteiger charge is 2.39. The fraction of sp³-hybridized carbons (Fsp3) is 0.500. The van der Waals surface area contributed by atoms with Crippen molar-refractivity contribution in [3.63, 3.8) is 0 Å². The number of aliphatic hydroxyl groups excluding tert-OH is 1. The maximum Gasteiger partial charge on any atom is 0.275 e. The molecule has 2 aromatic heterocycles. The predicted molar refractivity (Wildman–Crippen MR) is 123 cm³/mol. The number of aliphatic hydroxyl groups is 1.